The maximum Gasteiger partial charge on any atom is 0.319 e. The van der Waals surface area contributed by atoms with Gasteiger partial charge in [-0.15, -0.1) is 0 Å². The fraction of sp³-hybridized carbons (Fsp3) is 0.353. The molecule has 4 rings (SSSR count). The summed E-state index contributed by atoms with van der Waals surface area (Å²) in [5.74, 6) is 0.609. The lowest BCUT2D eigenvalue weighted by Gasteiger charge is -2.23. The summed E-state index contributed by atoms with van der Waals surface area (Å²) in [6.45, 7) is 1.80. The molecule has 1 aliphatic rings. The van der Waals surface area contributed by atoms with Crippen LogP contribution in [0.25, 0.3) is 11.1 Å². The van der Waals surface area contributed by atoms with Crippen molar-refractivity contribution >= 4 is 22.8 Å². The molecule has 0 radical (unpaired) electrons. The van der Waals surface area contributed by atoms with Crippen molar-refractivity contribution in [2.45, 2.75) is 32.2 Å². The lowest BCUT2D eigenvalue weighted by Crippen LogP contribution is -2.34. The molecule has 2 heterocycles. The first-order valence-electron chi connectivity index (χ1n) is 8.05. The summed E-state index contributed by atoms with van der Waals surface area (Å²) in [6.07, 6.45) is 4.82. The summed E-state index contributed by atoms with van der Waals surface area (Å²) in [5, 5.41) is 10.2. The standard InChI is InChI=1S/C17H19N5O2/c1-10-19-14-7-6-11(8-16(14)24-10)20-17(23)21-13-4-3-5-15-12(13)9-18-22(15)2/h6-9,13H,3-5H2,1-2H3,(H2,20,21,23). The minimum absolute atomic E-state index is 0.00120. The third-order valence-corrected chi connectivity index (χ3v) is 4.43. The van der Waals surface area contributed by atoms with Gasteiger partial charge in [0.2, 0.25) is 0 Å². The van der Waals surface area contributed by atoms with Crippen LogP contribution in [0, 0.1) is 6.92 Å². The summed E-state index contributed by atoms with van der Waals surface area (Å²) in [4.78, 5) is 16.6. The third-order valence-electron chi connectivity index (χ3n) is 4.43. The number of fused-ring (bicyclic) bond motifs is 2. The molecule has 2 N–H and O–H groups in total. The van der Waals surface area contributed by atoms with Crippen LogP contribution in [0.5, 0.6) is 0 Å². The number of anilines is 1. The van der Waals surface area contributed by atoms with Crippen LogP contribution < -0.4 is 10.6 Å². The topological polar surface area (TPSA) is 85.0 Å². The van der Waals surface area contributed by atoms with Crippen molar-refractivity contribution in [2.24, 2.45) is 7.05 Å². The van der Waals surface area contributed by atoms with Crippen molar-refractivity contribution in [1.82, 2.24) is 20.1 Å². The Kier molecular flexibility index (Phi) is 3.48. The SMILES string of the molecule is Cc1nc2ccc(NC(=O)NC3CCCc4c3cnn4C)cc2o1. The number of carbonyl (C=O) groups excluding carboxylic acids is 1. The maximum atomic E-state index is 12.3. The van der Waals surface area contributed by atoms with Gasteiger partial charge in [0.1, 0.15) is 5.52 Å². The summed E-state index contributed by atoms with van der Waals surface area (Å²) in [6, 6.07) is 5.21. The summed E-state index contributed by atoms with van der Waals surface area (Å²) >= 11 is 0. The highest BCUT2D eigenvalue weighted by Gasteiger charge is 2.24. The number of aryl methyl sites for hydroxylation is 2. The van der Waals surface area contributed by atoms with Crippen LogP contribution in [-0.2, 0) is 13.5 Å². The van der Waals surface area contributed by atoms with Gasteiger partial charge in [-0.05, 0) is 31.4 Å². The van der Waals surface area contributed by atoms with Crippen molar-refractivity contribution in [1.29, 1.82) is 0 Å². The summed E-state index contributed by atoms with van der Waals surface area (Å²) < 4.78 is 7.39. The Morgan fingerprint density at radius 1 is 1.42 bits per heavy atom. The number of oxazole rings is 1. The Morgan fingerprint density at radius 2 is 2.29 bits per heavy atom. The second-order valence-electron chi connectivity index (χ2n) is 6.13. The van der Waals surface area contributed by atoms with Crippen molar-refractivity contribution in [3.63, 3.8) is 0 Å². The predicted octanol–water partition coefficient (Wildman–Crippen LogP) is 3.07. The van der Waals surface area contributed by atoms with Crippen LogP contribution in [0.4, 0.5) is 10.5 Å². The average Bonchev–Trinajstić information content (AvgIpc) is 3.10. The first kappa shape index (κ1) is 14.7. The van der Waals surface area contributed by atoms with Gasteiger partial charge < -0.3 is 15.1 Å². The number of benzene rings is 1. The van der Waals surface area contributed by atoms with Crippen LogP contribution >= 0.6 is 0 Å². The molecule has 0 fully saturated rings. The zero-order valence-corrected chi connectivity index (χ0v) is 13.7. The number of carbonyl (C=O) groups is 1. The monoisotopic (exact) mass is 325 g/mol. The van der Waals surface area contributed by atoms with Gasteiger partial charge in [-0.3, -0.25) is 4.68 Å². The molecule has 1 atom stereocenters. The van der Waals surface area contributed by atoms with Crippen LogP contribution in [0.3, 0.4) is 0 Å². The molecule has 0 bridgehead atoms. The molecular weight excluding hydrogens is 306 g/mol. The second-order valence-corrected chi connectivity index (χ2v) is 6.13. The van der Waals surface area contributed by atoms with Gasteiger partial charge in [0.15, 0.2) is 11.5 Å². The number of hydrogen-bond acceptors (Lipinski definition) is 4. The number of hydrogen-bond donors (Lipinski definition) is 2. The Labute approximate surface area is 139 Å². The molecule has 3 aromatic rings. The maximum absolute atomic E-state index is 12.3. The van der Waals surface area contributed by atoms with E-state index in [1.165, 1.54) is 5.69 Å². The first-order chi connectivity index (χ1) is 11.6. The van der Waals surface area contributed by atoms with E-state index in [0.29, 0.717) is 17.2 Å². The molecule has 1 aromatic carbocycles. The molecule has 124 valence electrons. The highest BCUT2D eigenvalue weighted by Crippen LogP contribution is 2.29. The molecule has 0 saturated carbocycles. The van der Waals surface area contributed by atoms with E-state index in [9.17, 15) is 4.79 Å². The van der Waals surface area contributed by atoms with Crippen molar-refractivity contribution in [2.75, 3.05) is 5.32 Å². The predicted molar refractivity (Wildman–Crippen MR) is 89.8 cm³/mol. The van der Waals surface area contributed by atoms with E-state index < -0.39 is 0 Å². The first-order valence-corrected chi connectivity index (χ1v) is 8.05. The lowest BCUT2D eigenvalue weighted by atomic mass is 9.93. The van der Waals surface area contributed by atoms with Crippen LogP contribution in [0.15, 0.2) is 28.8 Å². The number of nitrogens with one attached hydrogen (secondary N) is 2. The zero-order chi connectivity index (χ0) is 16.7. The molecule has 7 nitrogen and oxygen atoms in total. The van der Waals surface area contributed by atoms with Gasteiger partial charge >= 0.3 is 6.03 Å². The molecule has 24 heavy (non-hydrogen) atoms. The van der Waals surface area contributed by atoms with Gasteiger partial charge in [0.05, 0.1) is 12.2 Å². The van der Waals surface area contributed by atoms with Gasteiger partial charge in [-0.1, -0.05) is 0 Å². The van der Waals surface area contributed by atoms with Crippen LogP contribution in [0.2, 0.25) is 0 Å². The normalized spacial score (nSPS) is 16.8. The molecular formula is C17H19N5O2. The Hall–Kier alpha value is -2.83. The molecule has 0 spiro atoms. The number of aromatic nitrogens is 3. The summed E-state index contributed by atoms with van der Waals surface area (Å²) in [5.41, 5.74) is 4.44. The van der Waals surface area contributed by atoms with Gasteiger partial charge in [-0.2, -0.15) is 5.10 Å². The highest BCUT2D eigenvalue weighted by molar-refractivity contribution is 5.91. The zero-order valence-electron chi connectivity index (χ0n) is 13.7. The number of nitrogens with zero attached hydrogens (tertiary/aromatic N) is 3. The Bertz CT molecular complexity index is 911. The van der Waals surface area contributed by atoms with E-state index in [2.05, 4.69) is 20.7 Å². The Balaban J connectivity index is 1.48. The van der Waals surface area contributed by atoms with E-state index in [4.69, 9.17) is 4.42 Å². The summed E-state index contributed by atoms with van der Waals surface area (Å²) in [7, 11) is 1.94. The molecule has 2 amide bonds. The smallest absolute Gasteiger partial charge is 0.319 e. The number of amides is 2. The lowest BCUT2D eigenvalue weighted by molar-refractivity contribution is 0.247. The molecule has 1 unspecified atom stereocenters. The van der Waals surface area contributed by atoms with Gasteiger partial charge in [-0.25, -0.2) is 9.78 Å². The van der Waals surface area contributed by atoms with E-state index in [1.54, 1.807) is 13.0 Å². The highest BCUT2D eigenvalue weighted by atomic mass is 16.3. The van der Waals surface area contributed by atoms with Crippen LogP contribution in [-0.4, -0.2) is 20.8 Å². The van der Waals surface area contributed by atoms with E-state index in [-0.39, 0.29) is 12.1 Å². The van der Waals surface area contributed by atoms with E-state index in [0.717, 1.165) is 30.3 Å². The minimum atomic E-state index is -0.229. The third kappa shape index (κ3) is 2.62. The van der Waals surface area contributed by atoms with E-state index >= 15 is 0 Å². The second kappa shape index (κ2) is 5.67. The molecule has 7 heteroatoms. The molecule has 0 aliphatic heterocycles. The van der Waals surface area contributed by atoms with Crippen LogP contribution in [0.1, 0.15) is 36.0 Å². The van der Waals surface area contributed by atoms with Gasteiger partial charge in [0.25, 0.3) is 0 Å². The number of rotatable bonds is 2. The fourth-order valence-electron chi connectivity index (χ4n) is 3.30. The Morgan fingerprint density at radius 3 is 3.17 bits per heavy atom. The molecule has 2 aromatic heterocycles. The van der Waals surface area contributed by atoms with E-state index in [1.807, 2.05) is 30.1 Å². The van der Waals surface area contributed by atoms with Crippen molar-refractivity contribution in [3.05, 3.63) is 41.5 Å². The van der Waals surface area contributed by atoms with Crippen molar-refractivity contribution < 1.29 is 9.21 Å². The largest absolute Gasteiger partial charge is 0.441 e. The van der Waals surface area contributed by atoms with Crippen molar-refractivity contribution in [3.8, 4) is 0 Å². The fourth-order valence-corrected chi connectivity index (χ4v) is 3.30. The molecule has 1 aliphatic carbocycles. The van der Waals surface area contributed by atoms with Gasteiger partial charge in [0, 0.05) is 37.0 Å². The number of urea groups is 1. The molecule has 0 saturated heterocycles. The quantitative estimate of drug-likeness (QED) is 0.758. The average molecular weight is 325 g/mol. The minimum Gasteiger partial charge on any atom is -0.441 e.